The molecule has 6 aliphatic carbocycles. The van der Waals surface area contributed by atoms with Crippen molar-refractivity contribution in [3.8, 4) is 0 Å². The Bertz CT molecular complexity index is 868. The molecule has 0 unspecified atom stereocenters. The van der Waals surface area contributed by atoms with Gasteiger partial charge in [-0.05, 0) is 51.4 Å². The van der Waals surface area contributed by atoms with Gasteiger partial charge in [-0.15, -0.1) is 24.0 Å². The minimum absolute atomic E-state index is 0. The molecule has 40 heavy (non-hydrogen) atoms. The van der Waals surface area contributed by atoms with Gasteiger partial charge in [0.25, 0.3) is 0 Å². The molecular weight excluding hydrogens is 615 g/mol. The molecule has 0 amide bonds. The van der Waals surface area contributed by atoms with Crippen LogP contribution in [0.3, 0.4) is 0 Å². The first-order valence-corrected chi connectivity index (χ1v) is 13.7. The minimum atomic E-state index is -0.981. The van der Waals surface area contributed by atoms with Crippen LogP contribution in [-0.4, -0.2) is 22.2 Å². The number of carboxylic acid groups (broad SMARTS) is 2. The van der Waals surface area contributed by atoms with E-state index in [1.807, 2.05) is 0 Å². The number of fused-ring (bicyclic) bond motifs is 2. The SMILES string of the molecule is C=CC(=O)O.C=CC(=O)O.[CH-]1CCCC2=C1CC1=C2CCCC1.[CH-]1CCCC2=C1CC1=C2CCCC1.[Cl-].[Cl-].[Ti].[Ti]. The topological polar surface area (TPSA) is 74.6 Å². The van der Waals surface area contributed by atoms with Gasteiger partial charge < -0.3 is 35.0 Å². The summed E-state index contributed by atoms with van der Waals surface area (Å²) in [5, 5.41) is 15.2. The summed E-state index contributed by atoms with van der Waals surface area (Å²) in [6, 6.07) is 0. The van der Waals surface area contributed by atoms with Gasteiger partial charge in [-0.25, -0.2) is 33.6 Å². The van der Waals surface area contributed by atoms with E-state index in [4.69, 9.17) is 10.2 Å². The number of rotatable bonds is 2. The molecule has 0 heterocycles. The standard InChI is InChI=1S/2C13H17.2C3H4O2.2ClH.2Ti/c2*1-3-7-12-10(5-1)9-11-6-2-4-8-13(11)12;2*1-2-3(4)5;;;;/h2*5H,1-4,6-9H2;2*2H,1H2,(H,4,5);2*1H;;/q2*-1;;;;;;/p-2. The molecule has 6 rings (SSSR count). The van der Waals surface area contributed by atoms with Crippen molar-refractivity contribution in [2.45, 2.75) is 103 Å². The average Bonchev–Trinajstić information content (AvgIpc) is 3.48. The third-order valence-electron chi connectivity index (χ3n) is 7.87. The van der Waals surface area contributed by atoms with Crippen molar-refractivity contribution >= 4 is 11.9 Å². The summed E-state index contributed by atoms with van der Waals surface area (Å²) in [6.45, 7) is 5.92. The van der Waals surface area contributed by atoms with Crippen LogP contribution in [0.1, 0.15) is 103 Å². The Morgan fingerprint density at radius 1 is 0.575 bits per heavy atom. The third kappa shape index (κ3) is 12.2. The maximum atomic E-state index is 9.25. The summed E-state index contributed by atoms with van der Waals surface area (Å²) < 4.78 is 0. The predicted molar refractivity (Wildman–Crippen MR) is 146 cm³/mol. The van der Waals surface area contributed by atoms with Crippen LogP contribution in [-0.2, 0) is 53.0 Å². The van der Waals surface area contributed by atoms with Gasteiger partial charge in [-0.1, -0.05) is 62.8 Å². The Morgan fingerprint density at radius 2 is 0.875 bits per heavy atom. The van der Waals surface area contributed by atoms with Crippen molar-refractivity contribution in [1.82, 2.24) is 0 Å². The second-order valence-electron chi connectivity index (χ2n) is 10.2. The number of halogens is 2. The van der Waals surface area contributed by atoms with Gasteiger partial charge in [0.2, 0.25) is 0 Å². The fourth-order valence-electron chi connectivity index (χ4n) is 6.24. The van der Waals surface area contributed by atoms with Crippen molar-refractivity contribution in [2.24, 2.45) is 0 Å². The van der Waals surface area contributed by atoms with Crippen LogP contribution in [0.15, 0.2) is 69.9 Å². The van der Waals surface area contributed by atoms with E-state index >= 15 is 0 Å². The van der Waals surface area contributed by atoms with Gasteiger partial charge in [0.15, 0.2) is 0 Å². The van der Waals surface area contributed by atoms with E-state index in [0.717, 1.165) is 12.2 Å². The second-order valence-corrected chi connectivity index (χ2v) is 10.2. The average molecular weight is 657 g/mol. The fourth-order valence-corrected chi connectivity index (χ4v) is 6.24. The second kappa shape index (κ2) is 21.8. The summed E-state index contributed by atoms with van der Waals surface area (Å²) >= 11 is 0. The largest absolute Gasteiger partial charge is 1.00 e. The van der Waals surface area contributed by atoms with Crippen molar-refractivity contribution < 1.29 is 88.1 Å². The van der Waals surface area contributed by atoms with E-state index < -0.39 is 11.9 Å². The van der Waals surface area contributed by atoms with E-state index in [1.165, 1.54) is 103 Å². The molecule has 0 radical (unpaired) electrons. The van der Waals surface area contributed by atoms with Crippen LogP contribution in [0.2, 0.25) is 0 Å². The zero-order chi connectivity index (χ0) is 25.9. The van der Waals surface area contributed by atoms with Gasteiger partial charge in [0, 0.05) is 55.6 Å². The summed E-state index contributed by atoms with van der Waals surface area (Å²) in [4.78, 5) is 18.5. The third-order valence-corrected chi connectivity index (χ3v) is 7.87. The minimum Gasteiger partial charge on any atom is -1.00 e. The molecule has 4 nitrogen and oxygen atoms in total. The number of carbonyl (C=O) groups is 2. The molecule has 8 heteroatoms. The number of hydrogen-bond acceptors (Lipinski definition) is 2. The van der Waals surface area contributed by atoms with Crippen molar-refractivity contribution in [3.63, 3.8) is 0 Å². The number of aliphatic carboxylic acids is 2. The molecule has 0 aromatic rings. The Morgan fingerprint density at radius 3 is 1.20 bits per heavy atom. The summed E-state index contributed by atoms with van der Waals surface area (Å²) in [6.07, 6.45) is 28.9. The molecule has 220 valence electrons. The maximum absolute atomic E-state index is 9.25. The quantitative estimate of drug-likeness (QED) is 0.272. The Labute approximate surface area is 283 Å². The molecule has 0 atom stereocenters. The normalized spacial score (nSPS) is 19.2. The molecule has 0 aromatic carbocycles. The van der Waals surface area contributed by atoms with E-state index in [0.29, 0.717) is 0 Å². The molecule has 6 aliphatic rings. The molecular formula is C32H42Cl2O4Ti2-4. The molecule has 0 fully saturated rings. The first-order chi connectivity index (χ1) is 17.4. The summed E-state index contributed by atoms with van der Waals surface area (Å²) in [7, 11) is 0. The van der Waals surface area contributed by atoms with Gasteiger partial charge >= 0.3 is 11.9 Å². The first kappa shape index (κ1) is 41.3. The zero-order valence-corrected chi connectivity index (χ0v) is 28.1. The number of carboxylic acids is 2. The maximum Gasteiger partial charge on any atom is 0.327 e. The smallest absolute Gasteiger partial charge is 0.327 e. The van der Waals surface area contributed by atoms with Crippen LogP contribution in [0.5, 0.6) is 0 Å². The van der Waals surface area contributed by atoms with Crippen LogP contribution in [0.4, 0.5) is 0 Å². The Hall–Kier alpha value is -0.871. The van der Waals surface area contributed by atoms with Gasteiger partial charge in [-0.3, -0.25) is 0 Å². The van der Waals surface area contributed by atoms with E-state index in [-0.39, 0.29) is 68.2 Å². The molecule has 0 saturated carbocycles. The fraction of sp³-hybridized carbons (Fsp3) is 0.500. The molecule has 2 N–H and O–H groups in total. The summed E-state index contributed by atoms with van der Waals surface area (Å²) in [5.41, 5.74) is 14.1. The van der Waals surface area contributed by atoms with Gasteiger partial charge in [0.1, 0.15) is 0 Å². The van der Waals surface area contributed by atoms with Crippen LogP contribution >= 0.6 is 0 Å². The molecule has 0 spiro atoms. The monoisotopic (exact) mass is 656 g/mol. The van der Waals surface area contributed by atoms with Crippen molar-refractivity contribution in [3.05, 3.63) is 82.7 Å². The Balaban J connectivity index is 0. The van der Waals surface area contributed by atoms with Crippen molar-refractivity contribution in [1.29, 1.82) is 0 Å². The molecule has 0 saturated heterocycles. The Kier molecular flexibility index (Phi) is 22.5. The zero-order valence-electron chi connectivity index (χ0n) is 23.5. The number of allylic oxidation sites excluding steroid dienone is 8. The van der Waals surface area contributed by atoms with Crippen molar-refractivity contribution in [2.75, 3.05) is 0 Å². The summed E-state index contributed by atoms with van der Waals surface area (Å²) in [5.74, 6) is -1.96. The van der Waals surface area contributed by atoms with E-state index in [9.17, 15) is 9.59 Å². The van der Waals surface area contributed by atoms with E-state index in [1.54, 1.807) is 44.6 Å². The number of hydrogen-bond donors (Lipinski definition) is 2. The predicted octanol–water partition coefficient (Wildman–Crippen LogP) is 2.41. The van der Waals surface area contributed by atoms with Gasteiger partial charge in [-0.2, -0.15) is 11.1 Å². The molecule has 0 aliphatic heterocycles. The van der Waals surface area contributed by atoms with Crippen LogP contribution in [0, 0.1) is 12.8 Å². The van der Waals surface area contributed by atoms with Crippen LogP contribution in [0.25, 0.3) is 0 Å². The first-order valence-electron chi connectivity index (χ1n) is 13.7. The molecule has 0 bridgehead atoms. The van der Waals surface area contributed by atoms with Crippen LogP contribution < -0.4 is 24.8 Å². The van der Waals surface area contributed by atoms with E-state index in [2.05, 4.69) is 26.0 Å². The molecule has 0 aromatic heterocycles. The van der Waals surface area contributed by atoms with Gasteiger partial charge in [0.05, 0.1) is 0 Å².